The molecule has 0 aliphatic heterocycles. The minimum absolute atomic E-state index is 0.400. The van der Waals surface area contributed by atoms with Crippen LogP contribution in [0.4, 0.5) is 11.6 Å². The maximum Gasteiger partial charge on any atom is 0.233 e. The molecule has 1 aromatic heterocycles. The Hall–Kier alpha value is -2.34. The molecule has 6 nitrogen and oxygen atoms in total. The summed E-state index contributed by atoms with van der Waals surface area (Å²) in [5.74, 6) is 1.26. The van der Waals surface area contributed by atoms with Crippen LogP contribution < -0.4 is 20.5 Å². The van der Waals surface area contributed by atoms with Crippen molar-refractivity contribution < 1.29 is 9.47 Å². The third-order valence-electron chi connectivity index (χ3n) is 2.58. The van der Waals surface area contributed by atoms with E-state index < -0.39 is 0 Å². The van der Waals surface area contributed by atoms with Crippen molar-refractivity contribution in [2.24, 2.45) is 5.73 Å². The lowest BCUT2D eigenvalue weighted by Gasteiger charge is -2.11. The number of benzene rings is 1. The smallest absolute Gasteiger partial charge is 0.233 e. The zero-order chi connectivity index (χ0) is 13.7. The first-order valence-corrected chi connectivity index (χ1v) is 5.79. The van der Waals surface area contributed by atoms with Crippen LogP contribution in [-0.4, -0.2) is 24.2 Å². The van der Waals surface area contributed by atoms with Gasteiger partial charge in [0.15, 0.2) is 0 Å². The van der Waals surface area contributed by atoms with Gasteiger partial charge in [-0.05, 0) is 11.6 Å². The Morgan fingerprint density at radius 1 is 1.11 bits per heavy atom. The van der Waals surface area contributed by atoms with Gasteiger partial charge in [0.25, 0.3) is 0 Å². The molecule has 2 rings (SSSR count). The summed E-state index contributed by atoms with van der Waals surface area (Å²) in [7, 11) is 3.08. The predicted octanol–water partition coefficient (Wildman–Crippen LogP) is 1.70. The molecule has 0 bridgehead atoms. The molecule has 0 unspecified atom stereocenters. The average molecular weight is 260 g/mol. The van der Waals surface area contributed by atoms with Crippen molar-refractivity contribution in [2.75, 3.05) is 19.5 Å². The first kappa shape index (κ1) is 13.1. The Kier molecular flexibility index (Phi) is 4.15. The van der Waals surface area contributed by atoms with Crippen molar-refractivity contribution in [3.8, 4) is 11.8 Å². The maximum absolute atomic E-state index is 5.69. The lowest BCUT2D eigenvalue weighted by molar-refractivity contribution is 0.373. The second-order valence-electron chi connectivity index (χ2n) is 3.76. The number of methoxy groups -OCH3 is 2. The van der Waals surface area contributed by atoms with E-state index in [1.54, 1.807) is 20.3 Å². The average Bonchev–Trinajstić information content (AvgIpc) is 2.47. The van der Waals surface area contributed by atoms with Gasteiger partial charge >= 0.3 is 0 Å². The predicted molar refractivity (Wildman–Crippen MR) is 72.8 cm³/mol. The van der Waals surface area contributed by atoms with Crippen molar-refractivity contribution in [3.05, 3.63) is 35.9 Å². The molecule has 1 aromatic carbocycles. The second kappa shape index (κ2) is 6.01. The summed E-state index contributed by atoms with van der Waals surface area (Å²) in [6.07, 6.45) is 0. The number of hydrogen-bond donors (Lipinski definition) is 2. The van der Waals surface area contributed by atoms with Gasteiger partial charge in [-0.15, -0.1) is 0 Å². The number of para-hydroxylation sites is 1. The Balaban J connectivity index is 2.32. The van der Waals surface area contributed by atoms with Crippen molar-refractivity contribution in [1.82, 2.24) is 9.97 Å². The number of nitrogens with one attached hydrogen (secondary N) is 1. The van der Waals surface area contributed by atoms with Gasteiger partial charge in [-0.1, -0.05) is 18.2 Å². The normalized spacial score (nSPS) is 10.1. The molecule has 0 aliphatic rings. The molecule has 0 spiro atoms. The van der Waals surface area contributed by atoms with Crippen LogP contribution in [0.1, 0.15) is 5.56 Å². The Morgan fingerprint density at radius 3 is 2.32 bits per heavy atom. The van der Waals surface area contributed by atoms with E-state index in [1.807, 2.05) is 24.3 Å². The van der Waals surface area contributed by atoms with Gasteiger partial charge < -0.3 is 20.5 Å². The Morgan fingerprint density at radius 2 is 1.74 bits per heavy atom. The Bertz CT molecular complexity index is 538. The van der Waals surface area contributed by atoms with E-state index >= 15 is 0 Å². The highest BCUT2D eigenvalue weighted by molar-refractivity contribution is 5.59. The van der Waals surface area contributed by atoms with Crippen LogP contribution in [0, 0.1) is 0 Å². The third kappa shape index (κ3) is 3.11. The summed E-state index contributed by atoms with van der Waals surface area (Å²) in [5.41, 5.74) is 7.53. The molecule has 0 aliphatic carbocycles. The number of ether oxygens (including phenoxy) is 2. The number of rotatable bonds is 5. The fraction of sp³-hybridized carbons (Fsp3) is 0.231. The number of hydrogen-bond acceptors (Lipinski definition) is 6. The molecule has 6 heteroatoms. The van der Waals surface area contributed by atoms with Crippen LogP contribution >= 0.6 is 0 Å². The van der Waals surface area contributed by atoms with Crippen molar-refractivity contribution >= 4 is 11.6 Å². The fourth-order valence-corrected chi connectivity index (χ4v) is 1.61. The molecule has 0 saturated carbocycles. The van der Waals surface area contributed by atoms with Gasteiger partial charge in [0.2, 0.25) is 17.7 Å². The lowest BCUT2D eigenvalue weighted by Crippen LogP contribution is -2.05. The van der Waals surface area contributed by atoms with Gasteiger partial charge in [0.05, 0.1) is 20.3 Å². The molecule has 3 N–H and O–H groups in total. The topological polar surface area (TPSA) is 82.3 Å². The molecular formula is C13H16N4O2. The quantitative estimate of drug-likeness (QED) is 0.851. The highest BCUT2D eigenvalue weighted by Gasteiger charge is 2.07. The van der Waals surface area contributed by atoms with Gasteiger partial charge in [-0.2, -0.15) is 9.97 Å². The summed E-state index contributed by atoms with van der Waals surface area (Å²) in [6, 6.07) is 9.32. The third-order valence-corrected chi connectivity index (χ3v) is 2.58. The van der Waals surface area contributed by atoms with E-state index in [0.717, 1.165) is 11.3 Å². The summed E-state index contributed by atoms with van der Waals surface area (Å²) in [6.45, 7) is 0.435. The monoisotopic (exact) mass is 260 g/mol. The van der Waals surface area contributed by atoms with Gasteiger partial charge in [-0.3, -0.25) is 0 Å². The molecular weight excluding hydrogens is 244 g/mol. The zero-order valence-corrected chi connectivity index (χ0v) is 10.9. The Labute approximate surface area is 111 Å². The van der Waals surface area contributed by atoms with Crippen LogP contribution in [0.15, 0.2) is 30.3 Å². The van der Waals surface area contributed by atoms with Crippen molar-refractivity contribution in [2.45, 2.75) is 6.54 Å². The van der Waals surface area contributed by atoms with E-state index in [9.17, 15) is 0 Å². The minimum atomic E-state index is 0.400. The molecule has 2 aromatic rings. The first-order chi connectivity index (χ1) is 9.26. The summed E-state index contributed by atoms with van der Waals surface area (Å²) < 4.78 is 10.2. The molecule has 0 radical (unpaired) electrons. The van der Waals surface area contributed by atoms with Gasteiger partial charge in [0, 0.05) is 12.2 Å². The van der Waals surface area contributed by atoms with Gasteiger partial charge in [-0.25, -0.2) is 0 Å². The zero-order valence-electron chi connectivity index (χ0n) is 10.9. The van der Waals surface area contributed by atoms with Crippen molar-refractivity contribution in [3.63, 3.8) is 0 Å². The van der Waals surface area contributed by atoms with Gasteiger partial charge in [0.1, 0.15) is 0 Å². The highest BCUT2D eigenvalue weighted by Crippen LogP contribution is 2.22. The molecule has 0 fully saturated rings. The highest BCUT2D eigenvalue weighted by atomic mass is 16.5. The van der Waals surface area contributed by atoms with E-state index in [0.29, 0.717) is 24.3 Å². The van der Waals surface area contributed by atoms with Crippen LogP contribution in [-0.2, 0) is 6.54 Å². The SMILES string of the molecule is COc1cc(OC)nc(Nc2ccccc2CN)n1. The largest absolute Gasteiger partial charge is 0.481 e. The van der Waals surface area contributed by atoms with Crippen LogP contribution in [0.3, 0.4) is 0 Å². The van der Waals surface area contributed by atoms with Crippen LogP contribution in [0.25, 0.3) is 0 Å². The number of nitrogens with zero attached hydrogens (tertiary/aromatic N) is 2. The standard InChI is InChI=1S/C13H16N4O2/c1-18-11-7-12(19-2)17-13(16-11)15-10-6-4-3-5-9(10)8-14/h3-7H,8,14H2,1-2H3,(H,15,16,17). The summed E-state index contributed by atoms with van der Waals surface area (Å²) >= 11 is 0. The molecule has 0 saturated heterocycles. The molecule has 19 heavy (non-hydrogen) atoms. The van der Waals surface area contributed by atoms with E-state index in [2.05, 4.69) is 15.3 Å². The fourth-order valence-electron chi connectivity index (χ4n) is 1.61. The molecule has 1 heterocycles. The van der Waals surface area contributed by atoms with E-state index in [4.69, 9.17) is 15.2 Å². The lowest BCUT2D eigenvalue weighted by atomic mass is 10.2. The minimum Gasteiger partial charge on any atom is -0.481 e. The van der Waals surface area contributed by atoms with E-state index in [1.165, 1.54) is 0 Å². The maximum atomic E-state index is 5.69. The van der Waals surface area contributed by atoms with E-state index in [-0.39, 0.29) is 0 Å². The number of anilines is 2. The number of nitrogens with two attached hydrogens (primary N) is 1. The van der Waals surface area contributed by atoms with Crippen LogP contribution in [0.5, 0.6) is 11.8 Å². The molecule has 100 valence electrons. The molecule has 0 amide bonds. The van der Waals surface area contributed by atoms with Crippen molar-refractivity contribution in [1.29, 1.82) is 0 Å². The second-order valence-corrected chi connectivity index (χ2v) is 3.76. The summed E-state index contributed by atoms with van der Waals surface area (Å²) in [5, 5.41) is 3.11. The van der Waals surface area contributed by atoms with Crippen LogP contribution in [0.2, 0.25) is 0 Å². The molecule has 0 atom stereocenters. The summed E-state index contributed by atoms with van der Waals surface area (Å²) in [4.78, 5) is 8.41. The first-order valence-electron chi connectivity index (χ1n) is 5.79. The number of aromatic nitrogens is 2.